The number of carbonyl (C=O) groups is 1. The van der Waals surface area contributed by atoms with Crippen LogP contribution < -0.4 is 16.0 Å². The van der Waals surface area contributed by atoms with E-state index in [2.05, 4.69) is 20.9 Å². The number of rotatable bonds is 4. The van der Waals surface area contributed by atoms with Gasteiger partial charge in [-0.3, -0.25) is 0 Å². The molecule has 0 radical (unpaired) electrons. The number of nitrogens with one attached hydrogen (secondary N) is 3. The van der Waals surface area contributed by atoms with E-state index in [4.69, 9.17) is 0 Å². The molecule has 3 rings (SSSR count). The highest BCUT2D eigenvalue weighted by atomic mass is 19.1. The highest BCUT2D eigenvalue weighted by Crippen LogP contribution is 2.25. The summed E-state index contributed by atoms with van der Waals surface area (Å²) in [5, 5.41) is 8.09. The van der Waals surface area contributed by atoms with Gasteiger partial charge in [-0.15, -0.1) is 0 Å². The van der Waals surface area contributed by atoms with Crippen molar-refractivity contribution in [1.82, 2.24) is 15.6 Å². The van der Waals surface area contributed by atoms with E-state index in [-0.39, 0.29) is 12.1 Å². The van der Waals surface area contributed by atoms with Crippen molar-refractivity contribution in [2.45, 2.75) is 32.1 Å². The molecule has 0 spiro atoms. The van der Waals surface area contributed by atoms with Crippen LogP contribution in [0, 0.1) is 0 Å². The largest absolute Gasteiger partial charge is 0.370 e. The molecule has 0 saturated carbocycles. The summed E-state index contributed by atoms with van der Waals surface area (Å²) in [5.74, 6) is -0.450. The molecule has 0 bridgehead atoms. The Balaban J connectivity index is 1.49. The third kappa shape index (κ3) is 3.90. The maximum Gasteiger partial charge on any atom is 0.319 e. The van der Waals surface area contributed by atoms with Crippen LogP contribution in [0.15, 0.2) is 35.6 Å². The molecule has 1 aromatic rings. The number of fused-ring (bicyclic) bond motifs is 1. The Labute approximate surface area is 139 Å². The molecule has 2 aliphatic rings. The first-order chi connectivity index (χ1) is 11.6. The molecule has 24 heavy (non-hydrogen) atoms. The normalized spacial score (nSPS) is 16.8. The number of aromatic nitrogens is 1. The molecule has 7 heteroatoms. The first-order valence-corrected chi connectivity index (χ1v) is 8.15. The van der Waals surface area contributed by atoms with Gasteiger partial charge in [0.05, 0.1) is 0 Å². The van der Waals surface area contributed by atoms with Gasteiger partial charge < -0.3 is 16.0 Å². The minimum absolute atomic E-state index is 0.106. The third-order valence-corrected chi connectivity index (χ3v) is 4.05. The second-order valence-corrected chi connectivity index (χ2v) is 5.84. The zero-order chi connectivity index (χ0) is 16.9. The standard InChI is InChI=1S/C17H20F2N4O/c18-13-4-1-5-14(19)15(13)23-17(24)21-10-8-12-7-6-11-3-2-9-20-16(11)22-12/h4,6-7H,1-3,5,8-10H2,(H,20,22)(H2,21,23,24). The van der Waals surface area contributed by atoms with Crippen molar-refractivity contribution in [2.75, 3.05) is 18.4 Å². The van der Waals surface area contributed by atoms with E-state index >= 15 is 0 Å². The number of hydrogen-bond donors (Lipinski definition) is 3. The molecule has 1 aliphatic heterocycles. The molecule has 0 aromatic carbocycles. The van der Waals surface area contributed by atoms with Crippen LogP contribution in [0.5, 0.6) is 0 Å². The zero-order valence-corrected chi connectivity index (χ0v) is 13.3. The van der Waals surface area contributed by atoms with Crippen LogP contribution in [0.2, 0.25) is 0 Å². The Kier molecular flexibility index (Phi) is 5.08. The summed E-state index contributed by atoms with van der Waals surface area (Å²) in [5.41, 5.74) is 1.70. The Morgan fingerprint density at radius 1 is 1.29 bits per heavy atom. The number of pyridine rings is 1. The first-order valence-electron chi connectivity index (χ1n) is 8.15. The summed E-state index contributed by atoms with van der Waals surface area (Å²) < 4.78 is 27.1. The second-order valence-electron chi connectivity index (χ2n) is 5.84. The second kappa shape index (κ2) is 7.42. The highest BCUT2D eigenvalue weighted by molar-refractivity contribution is 5.76. The molecule has 0 fully saturated rings. The predicted octanol–water partition coefficient (Wildman–Crippen LogP) is 3.11. The molecule has 5 nitrogen and oxygen atoms in total. The van der Waals surface area contributed by atoms with Crippen LogP contribution in [-0.4, -0.2) is 24.1 Å². The number of urea groups is 1. The van der Waals surface area contributed by atoms with Crippen molar-refractivity contribution >= 4 is 11.8 Å². The fourth-order valence-electron chi connectivity index (χ4n) is 2.78. The summed E-state index contributed by atoms with van der Waals surface area (Å²) in [4.78, 5) is 16.3. The average Bonchev–Trinajstić information content (AvgIpc) is 2.58. The number of amides is 2. The molecule has 2 heterocycles. The van der Waals surface area contributed by atoms with Gasteiger partial charge >= 0.3 is 6.03 Å². The van der Waals surface area contributed by atoms with Crippen LogP contribution in [0.25, 0.3) is 0 Å². The SMILES string of the molecule is O=C(NCCc1ccc2c(n1)NCCC2)NC1=C(F)CCC=C1F. The molecule has 3 N–H and O–H groups in total. The minimum atomic E-state index is -0.726. The van der Waals surface area contributed by atoms with Crippen LogP contribution in [0.1, 0.15) is 30.5 Å². The molecule has 1 aliphatic carbocycles. The van der Waals surface area contributed by atoms with Crippen molar-refractivity contribution in [2.24, 2.45) is 0 Å². The maximum absolute atomic E-state index is 13.5. The third-order valence-electron chi connectivity index (χ3n) is 4.05. The van der Waals surface area contributed by atoms with E-state index in [0.717, 1.165) is 30.9 Å². The quantitative estimate of drug-likeness (QED) is 0.793. The summed E-state index contributed by atoms with van der Waals surface area (Å²) in [7, 11) is 0. The van der Waals surface area contributed by atoms with E-state index < -0.39 is 17.7 Å². The summed E-state index contributed by atoms with van der Waals surface area (Å²) in [6, 6.07) is 3.37. The summed E-state index contributed by atoms with van der Waals surface area (Å²) in [6.45, 7) is 1.25. The van der Waals surface area contributed by atoms with Gasteiger partial charge in [0.15, 0.2) is 0 Å². The highest BCUT2D eigenvalue weighted by Gasteiger charge is 2.18. The lowest BCUT2D eigenvalue weighted by Gasteiger charge is -2.17. The van der Waals surface area contributed by atoms with Crippen molar-refractivity contribution in [3.63, 3.8) is 0 Å². The lowest BCUT2D eigenvalue weighted by atomic mass is 10.1. The van der Waals surface area contributed by atoms with Gasteiger partial charge in [-0.1, -0.05) is 6.07 Å². The molecule has 0 saturated heterocycles. The van der Waals surface area contributed by atoms with Crippen LogP contribution in [0.3, 0.4) is 0 Å². The van der Waals surface area contributed by atoms with Crippen molar-refractivity contribution in [3.05, 3.63) is 46.8 Å². The van der Waals surface area contributed by atoms with Crippen molar-refractivity contribution in [3.8, 4) is 0 Å². The molecule has 0 atom stereocenters. The molecule has 0 unspecified atom stereocenters. The molecule has 1 aromatic heterocycles. The van der Waals surface area contributed by atoms with E-state index in [9.17, 15) is 13.6 Å². The predicted molar refractivity (Wildman–Crippen MR) is 87.8 cm³/mol. The van der Waals surface area contributed by atoms with Gasteiger partial charge in [0, 0.05) is 31.6 Å². The zero-order valence-electron chi connectivity index (χ0n) is 13.3. The Bertz CT molecular complexity index is 700. The molecular formula is C17H20F2N4O. The van der Waals surface area contributed by atoms with Crippen LogP contribution in [-0.2, 0) is 12.8 Å². The molecule has 128 valence electrons. The van der Waals surface area contributed by atoms with Crippen molar-refractivity contribution in [1.29, 1.82) is 0 Å². The molecule has 2 amide bonds. The van der Waals surface area contributed by atoms with E-state index in [1.165, 1.54) is 11.6 Å². The van der Waals surface area contributed by atoms with Gasteiger partial charge in [-0.05, 0) is 37.0 Å². The number of hydrogen-bond acceptors (Lipinski definition) is 3. The van der Waals surface area contributed by atoms with Gasteiger partial charge in [0.1, 0.15) is 23.2 Å². The fraction of sp³-hybridized carbons (Fsp3) is 0.412. The van der Waals surface area contributed by atoms with Gasteiger partial charge in [-0.25, -0.2) is 18.6 Å². The monoisotopic (exact) mass is 334 g/mol. The van der Waals surface area contributed by atoms with E-state index in [0.29, 0.717) is 19.4 Å². The minimum Gasteiger partial charge on any atom is -0.370 e. The lowest BCUT2D eigenvalue weighted by molar-refractivity contribution is 0.242. The van der Waals surface area contributed by atoms with E-state index in [1.807, 2.05) is 12.1 Å². The number of carbonyl (C=O) groups excluding carboxylic acids is 1. The number of allylic oxidation sites excluding steroid dienone is 3. The van der Waals surface area contributed by atoms with E-state index in [1.54, 1.807) is 0 Å². The van der Waals surface area contributed by atoms with Gasteiger partial charge in [0.25, 0.3) is 0 Å². The first kappa shape index (κ1) is 16.4. The topological polar surface area (TPSA) is 66.0 Å². The smallest absolute Gasteiger partial charge is 0.319 e. The Hall–Kier alpha value is -2.44. The summed E-state index contributed by atoms with van der Waals surface area (Å²) >= 11 is 0. The van der Waals surface area contributed by atoms with Crippen LogP contribution in [0.4, 0.5) is 19.4 Å². The van der Waals surface area contributed by atoms with Gasteiger partial charge in [-0.2, -0.15) is 0 Å². The van der Waals surface area contributed by atoms with Crippen molar-refractivity contribution < 1.29 is 13.6 Å². The number of aryl methyl sites for hydroxylation is 1. The molecular weight excluding hydrogens is 314 g/mol. The number of nitrogens with zero attached hydrogens (tertiary/aromatic N) is 1. The Morgan fingerprint density at radius 3 is 3.00 bits per heavy atom. The average molecular weight is 334 g/mol. The van der Waals surface area contributed by atoms with Crippen LogP contribution >= 0.6 is 0 Å². The fourth-order valence-corrected chi connectivity index (χ4v) is 2.78. The van der Waals surface area contributed by atoms with Gasteiger partial charge in [0.2, 0.25) is 0 Å². The number of halogens is 2. The summed E-state index contributed by atoms with van der Waals surface area (Å²) in [6.07, 6.45) is 4.35. The lowest BCUT2D eigenvalue weighted by Crippen LogP contribution is -2.37. The Morgan fingerprint density at radius 2 is 2.17 bits per heavy atom. The maximum atomic E-state index is 13.5. The number of anilines is 1.